The Morgan fingerprint density at radius 3 is 2.10 bits per heavy atom. The highest BCUT2D eigenvalue weighted by Gasteiger charge is 2.36. The number of benzene rings is 2. The standard InChI is InChI=1S/C17H16ClNOS/c18-16-14(19-20)11-15(12-7-3-1-4-8-12)21-17(16)13-9-5-2-6-10-13/h1-10,15-17,20H,11H2/b19-14+. The molecule has 0 aliphatic carbocycles. The van der Waals surface area contributed by atoms with Gasteiger partial charge in [-0.05, 0) is 11.1 Å². The molecule has 0 radical (unpaired) electrons. The van der Waals surface area contributed by atoms with Gasteiger partial charge < -0.3 is 5.21 Å². The molecule has 3 unspecified atom stereocenters. The largest absolute Gasteiger partial charge is 0.411 e. The Bertz CT molecular complexity index is 617. The molecule has 1 N–H and O–H groups in total. The monoisotopic (exact) mass is 317 g/mol. The molecule has 1 aliphatic heterocycles. The Labute approximate surface area is 133 Å². The number of nitrogens with zero attached hydrogens (tertiary/aromatic N) is 1. The third-order valence-corrected chi connectivity index (χ3v) is 5.98. The molecular weight excluding hydrogens is 302 g/mol. The van der Waals surface area contributed by atoms with Gasteiger partial charge in [-0.2, -0.15) is 0 Å². The fourth-order valence-electron chi connectivity index (χ4n) is 2.62. The van der Waals surface area contributed by atoms with Crippen LogP contribution in [0.2, 0.25) is 0 Å². The van der Waals surface area contributed by atoms with Gasteiger partial charge in [-0.25, -0.2) is 0 Å². The first kappa shape index (κ1) is 14.5. The molecule has 3 atom stereocenters. The van der Waals surface area contributed by atoms with Crippen molar-refractivity contribution in [3.8, 4) is 0 Å². The van der Waals surface area contributed by atoms with Crippen molar-refractivity contribution < 1.29 is 5.21 Å². The molecule has 2 aromatic carbocycles. The van der Waals surface area contributed by atoms with Crippen LogP contribution >= 0.6 is 23.4 Å². The van der Waals surface area contributed by atoms with Gasteiger partial charge >= 0.3 is 0 Å². The fraction of sp³-hybridized carbons (Fsp3) is 0.235. The first-order chi connectivity index (χ1) is 10.3. The molecule has 2 aromatic rings. The van der Waals surface area contributed by atoms with Crippen LogP contribution in [0.5, 0.6) is 0 Å². The molecule has 1 fully saturated rings. The van der Waals surface area contributed by atoms with E-state index in [2.05, 4.69) is 29.4 Å². The summed E-state index contributed by atoms with van der Waals surface area (Å²) in [5.74, 6) is 0. The third kappa shape index (κ3) is 3.09. The maximum Gasteiger partial charge on any atom is 0.0911 e. The topological polar surface area (TPSA) is 32.6 Å². The van der Waals surface area contributed by atoms with Gasteiger partial charge in [-0.3, -0.25) is 0 Å². The van der Waals surface area contributed by atoms with Gasteiger partial charge in [0.25, 0.3) is 0 Å². The smallest absolute Gasteiger partial charge is 0.0911 e. The normalized spacial score (nSPS) is 27.7. The minimum absolute atomic E-state index is 0.0951. The molecular formula is C17H16ClNOS. The Balaban J connectivity index is 1.93. The molecule has 108 valence electrons. The van der Waals surface area contributed by atoms with E-state index in [1.54, 1.807) is 0 Å². The summed E-state index contributed by atoms with van der Waals surface area (Å²) in [7, 11) is 0. The molecule has 1 saturated heterocycles. The summed E-state index contributed by atoms with van der Waals surface area (Å²) in [4.78, 5) is 0. The van der Waals surface area contributed by atoms with E-state index in [0.717, 1.165) is 0 Å². The summed E-state index contributed by atoms with van der Waals surface area (Å²) in [5, 5.41) is 12.8. The maximum atomic E-state index is 9.29. The molecule has 1 heterocycles. The van der Waals surface area contributed by atoms with E-state index in [4.69, 9.17) is 11.6 Å². The number of alkyl halides is 1. The predicted octanol–water partition coefficient (Wildman–Crippen LogP) is 5.04. The molecule has 3 rings (SSSR count). The van der Waals surface area contributed by atoms with Gasteiger partial charge in [0.1, 0.15) is 0 Å². The van der Waals surface area contributed by atoms with Crippen LogP contribution in [-0.4, -0.2) is 16.3 Å². The Morgan fingerprint density at radius 2 is 1.52 bits per heavy atom. The maximum absolute atomic E-state index is 9.29. The number of hydrogen-bond donors (Lipinski definition) is 1. The van der Waals surface area contributed by atoms with Crippen LogP contribution in [0.4, 0.5) is 0 Å². The van der Waals surface area contributed by atoms with Crippen molar-refractivity contribution in [1.82, 2.24) is 0 Å². The lowest BCUT2D eigenvalue weighted by Gasteiger charge is -2.33. The Kier molecular flexibility index (Phi) is 4.51. The highest BCUT2D eigenvalue weighted by molar-refractivity contribution is 8.00. The lowest BCUT2D eigenvalue weighted by Crippen LogP contribution is -2.28. The van der Waals surface area contributed by atoms with E-state index < -0.39 is 0 Å². The van der Waals surface area contributed by atoms with Gasteiger partial charge in [0.05, 0.1) is 16.3 Å². The van der Waals surface area contributed by atoms with Crippen LogP contribution in [0, 0.1) is 0 Å². The fourth-order valence-corrected chi connectivity index (χ4v) is 4.62. The van der Waals surface area contributed by atoms with Crippen molar-refractivity contribution in [2.75, 3.05) is 0 Å². The van der Waals surface area contributed by atoms with Gasteiger partial charge in [0.2, 0.25) is 0 Å². The van der Waals surface area contributed by atoms with Crippen LogP contribution in [0.25, 0.3) is 0 Å². The van der Waals surface area contributed by atoms with Gasteiger partial charge in [0, 0.05) is 11.7 Å². The number of halogens is 1. The quantitative estimate of drug-likeness (QED) is 0.478. The minimum Gasteiger partial charge on any atom is -0.411 e. The molecule has 0 amide bonds. The molecule has 0 saturated carbocycles. The minimum atomic E-state index is -0.276. The van der Waals surface area contributed by atoms with E-state index in [9.17, 15) is 5.21 Å². The Morgan fingerprint density at radius 1 is 0.952 bits per heavy atom. The predicted molar refractivity (Wildman–Crippen MR) is 89.4 cm³/mol. The number of thioether (sulfide) groups is 1. The summed E-state index contributed by atoms with van der Waals surface area (Å²) in [5.41, 5.74) is 3.08. The SMILES string of the molecule is O/N=C1\CC(c2ccccc2)SC(c2ccccc2)C1Cl. The molecule has 2 nitrogen and oxygen atoms in total. The first-order valence-electron chi connectivity index (χ1n) is 6.90. The number of hydrogen-bond acceptors (Lipinski definition) is 3. The van der Waals surface area contributed by atoms with E-state index in [1.165, 1.54) is 11.1 Å². The molecule has 21 heavy (non-hydrogen) atoms. The summed E-state index contributed by atoms with van der Waals surface area (Å²) < 4.78 is 0. The zero-order chi connectivity index (χ0) is 14.7. The highest BCUT2D eigenvalue weighted by atomic mass is 35.5. The van der Waals surface area contributed by atoms with Crippen molar-refractivity contribution in [3.05, 3.63) is 71.8 Å². The van der Waals surface area contributed by atoms with Gasteiger partial charge in [0.15, 0.2) is 0 Å². The molecule has 4 heteroatoms. The van der Waals surface area contributed by atoms with E-state index in [0.29, 0.717) is 12.1 Å². The van der Waals surface area contributed by atoms with Crippen LogP contribution < -0.4 is 0 Å². The van der Waals surface area contributed by atoms with Crippen molar-refractivity contribution >= 4 is 29.1 Å². The lowest BCUT2D eigenvalue weighted by molar-refractivity contribution is 0.316. The second-order valence-corrected chi connectivity index (χ2v) is 6.88. The van der Waals surface area contributed by atoms with Crippen LogP contribution in [-0.2, 0) is 0 Å². The van der Waals surface area contributed by atoms with Gasteiger partial charge in [-0.1, -0.05) is 65.8 Å². The highest BCUT2D eigenvalue weighted by Crippen LogP contribution is 2.50. The zero-order valence-electron chi connectivity index (χ0n) is 11.4. The van der Waals surface area contributed by atoms with Crippen molar-refractivity contribution in [2.24, 2.45) is 5.16 Å². The van der Waals surface area contributed by atoms with Crippen molar-refractivity contribution in [2.45, 2.75) is 22.3 Å². The summed E-state index contributed by atoms with van der Waals surface area (Å²) >= 11 is 8.37. The number of rotatable bonds is 2. The lowest BCUT2D eigenvalue weighted by atomic mass is 9.99. The molecule has 0 aromatic heterocycles. The van der Waals surface area contributed by atoms with Crippen LogP contribution in [0.15, 0.2) is 65.8 Å². The average Bonchev–Trinajstić information content (AvgIpc) is 2.56. The van der Waals surface area contributed by atoms with Gasteiger partial charge in [-0.15, -0.1) is 23.4 Å². The zero-order valence-corrected chi connectivity index (χ0v) is 13.0. The second kappa shape index (κ2) is 6.54. The van der Waals surface area contributed by atoms with E-state index in [-0.39, 0.29) is 15.9 Å². The van der Waals surface area contributed by atoms with E-state index in [1.807, 2.05) is 48.2 Å². The number of oxime groups is 1. The van der Waals surface area contributed by atoms with Crippen LogP contribution in [0.1, 0.15) is 28.0 Å². The average molecular weight is 318 g/mol. The molecule has 1 aliphatic rings. The first-order valence-corrected chi connectivity index (χ1v) is 8.28. The molecule has 0 spiro atoms. The second-order valence-electron chi connectivity index (χ2n) is 5.06. The van der Waals surface area contributed by atoms with Crippen LogP contribution in [0.3, 0.4) is 0 Å². The molecule has 0 bridgehead atoms. The third-order valence-electron chi connectivity index (χ3n) is 3.72. The van der Waals surface area contributed by atoms with Crippen molar-refractivity contribution in [1.29, 1.82) is 0 Å². The Hall–Kier alpha value is -1.45. The summed E-state index contributed by atoms with van der Waals surface area (Å²) in [6.07, 6.45) is 0.683. The summed E-state index contributed by atoms with van der Waals surface area (Å²) in [6.45, 7) is 0. The summed E-state index contributed by atoms with van der Waals surface area (Å²) in [6, 6.07) is 20.5. The van der Waals surface area contributed by atoms with Crippen molar-refractivity contribution in [3.63, 3.8) is 0 Å². The van der Waals surface area contributed by atoms with E-state index >= 15 is 0 Å².